The summed E-state index contributed by atoms with van der Waals surface area (Å²) < 4.78 is 5.61. The second kappa shape index (κ2) is 7.66. The maximum absolute atomic E-state index is 11.9. The van der Waals surface area contributed by atoms with Crippen LogP contribution in [0.1, 0.15) is 69.3 Å². The van der Waals surface area contributed by atoms with Crippen LogP contribution in [0, 0.1) is 0 Å². The quantitative estimate of drug-likeness (QED) is 0.886. The Hall–Kier alpha value is -1.51. The van der Waals surface area contributed by atoms with E-state index in [-0.39, 0.29) is 12.5 Å². The van der Waals surface area contributed by atoms with Crippen LogP contribution in [0.15, 0.2) is 24.3 Å². The number of hydrogen-bond acceptors (Lipinski definition) is 2. The van der Waals surface area contributed by atoms with Crippen molar-refractivity contribution < 1.29 is 9.53 Å². The van der Waals surface area contributed by atoms with E-state index >= 15 is 0 Å². The van der Waals surface area contributed by atoms with Crippen molar-refractivity contribution >= 4 is 5.91 Å². The fourth-order valence-corrected chi connectivity index (χ4v) is 3.76. The molecule has 0 unspecified atom stereocenters. The van der Waals surface area contributed by atoms with Crippen LogP contribution in [0.4, 0.5) is 0 Å². The van der Waals surface area contributed by atoms with Gasteiger partial charge in [0.1, 0.15) is 5.75 Å². The molecule has 120 valence electrons. The largest absolute Gasteiger partial charge is 0.484 e. The minimum Gasteiger partial charge on any atom is -0.484 e. The molecule has 3 nitrogen and oxygen atoms in total. The van der Waals surface area contributed by atoms with Crippen molar-refractivity contribution in [2.75, 3.05) is 6.61 Å². The molecule has 0 heterocycles. The maximum Gasteiger partial charge on any atom is 0.258 e. The van der Waals surface area contributed by atoms with Crippen LogP contribution in [0.5, 0.6) is 5.75 Å². The fourth-order valence-electron chi connectivity index (χ4n) is 3.76. The number of rotatable bonds is 5. The Bertz CT molecular complexity index is 471. The average molecular weight is 301 g/mol. The van der Waals surface area contributed by atoms with Crippen LogP contribution >= 0.6 is 0 Å². The van der Waals surface area contributed by atoms with E-state index in [9.17, 15) is 4.79 Å². The van der Waals surface area contributed by atoms with Crippen molar-refractivity contribution in [2.45, 2.75) is 69.7 Å². The fraction of sp³-hybridized carbons (Fsp3) is 0.632. The van der Waals surface area contributed by atoms with Gasteiger partial charge in [0.2, 0.25) is 0 Å². The van der Waals surface area contributed by atoms with Gasteiger partial charge in [0, 0.05) is 6.04 Å². The van der Waals surface area contributed by atoms with Crippen LogP contribution in [0.3, 0.4) is 0 Å². The van der Waals surface area contributed by atoms with E-state index in [1.807, 2.05) is 12.1 Å². The number of hydrogen-bond donors (Lipinski definition) is 1. The molecule has 3 rings (SSSR count). The molecule has 2 aliphatic rings. The minimum absolute atomic E-state index is 0.00302. The second-order valence-electron chi connectivity index (χ2n) is 6.74. The first-order chi connectivity index (χ1) is 10.8. The van der Waals surface area contributed by atoms with Crippen molar-refractivity contribution in [3.63, 3.8) is 0 Å². The van der Waals surface area contributed by atoms with Crippen LogP contribution < -0.4 is 10.1 Å². The molecule has 1 aromatic carbocycles. The van der Waals surface area contributed by atoms with Gasteiger partial charge < -0.3 is 10.1 Å². The van der Waals surface area contributed by atoms with Gasteiger partial charge in [-0.05, 0) is 49.3 Å². The highest BCUT2D eigenvalue weighted by Gasteiger charge is 2.17. The van der Waals surface area contributed by atoms with Crippen molar-refractivity contribution in [2.24, 2.45) is 0 Å². The summed E-state index contributed by atoms with van der Waals surface area (Å²) in [4.78, 5) is 11.9. The highest BCUT2D eigenvalue weighted by Crippen LogP contribution is 2.33. The SMILES string of the molecule is O=C(COc1ccc(C2CCCCC2)cc1)NC1CCCC1. The van der Waals surface area contributed by atoms with E-state index in [0.29, 0.717) is 12.0 Å². The molecule has 1 aromatic rings. The first-order valence-corrected chi connectivity index (χ1v) is 8.83. The van der Waals surface area contributed by atoms with Gasteiger partial charge in [-0.1, -0.05) is 44.2 Å². The molecule has 3 heteroatoms. The molecular weight excluding hydrogens is 274 g/mol. The molecule has 0 bridgehead atoms. The summed E-state index contributed by atoms with van der Waals surface area (Å²) in [5, 5.41) is 3.05. The molecule has 2 aliphatic carbocycles. The Kier molecular flexibility index (Phi) is 5.36. The Labute approximate surface area is 133 Å². The molecule has 1 N–H and O–H groups in total. The zero-order chi connectivity index (χ0) is 15.2. The lowest BCUT2D eigenvalue weighted by Gasteiger charge is -2.22. The van der Waals surface area contributed by atoms with Crippen LogP contribution in [-0.2, 0) is 4.79 Å². The summed E-state index contributed by atoms with van der Waals surface area (Å²) in [7, 11) is 0. The predicted molar refractivity (Wildman–Crippen MR) is 88.2 cm³/mol. The first kappa shape index (κ1) is 15.4. The third-order valence-electron chi connectivity index (χ3n) is 5.05. The lowest BCUT2D eigenvalue weighted by Crippen LogP contribution is -2.36. The van der Waals surface area contributed by atoms with E-state index < -0.39 is 0 Å². The maximum atomic E-state index is 11.9. The van der Waals surface area contributed by atoms with Gasteiger partial charge in [-0.2, -0.15) is 0 Å². The molecule has 0 saturated heterocycles. The number of ether oxygens (including phenoxy) is 1. The Balaban J connectivity index is 1.45. The average Bonchev–Trinajstić information content (AvgIpc) is 3.07. The second-order valence-corrected chi connectivity index (χ2v) is 6.74. The van der Waals surface area contributed by atoms with E-state index in [1.165, 1.54) is 50.5 Å². The normalized spacial score (nSPS) is 20.0. The van der Waals surface area contributed by atoms with E-state index in [4.69, 9.17) is 4.74 Å². The number of carbonyl (C=O) groups excluding carboxylic acids is 1. The monoisotopic (exact) mass is 301 g/mol. The van der Waals surface area contributed by atoms with Gasteiger partial charge in [-0.25, -0.2) is 0 Å². The van der Waals surface area contributed by atoms with Crippen molar-refractivity contribution in [3.05, 3.63) is 29.8 Å². The van der Waals surface area contributed by atoms with Crippen molar-refractivity contribution in [1.29, 1.82) is 0 Å². The zero-order valence-electron chi connectivity index (χ0n) is 13.4. The molecule has 2 fully saturated rings. The Morgan fingerprint density at radius 2 is 1.59 bits per heavy atom. The number of nitrogens with one attached hydrogen (secondary N) is 1. The molecule has 0 atom stereocenters. The van der Waals surface area contributed by atoms with Crippen molar-refractivity contribution in [3.8, 4) is 5.75 Å². The smallest absolute Gasteiger partial charge is 0.258 e. The molecule has 22 heavy (non-hydrogen) atoms. The molecule has 0 aliphatic heterocycles. The van der Waals surface area contributed by atoms with Gasteiger partial charge in [0.05, 0.1) is 0 Å². The molecular formula is C19H27NO2. The van der Waals surface area contributed by atoms with Gasteiger partial charge in [0.15, 0.2) is 6.61 Å². The van der Waals surface area contributed by atoms with Crippen LogP contribution in [0.2, 0.25) is 0 Å². The van der Waals surface area contributed by atoms with Gasteiger partial charge in [-0.3, -0.25) is 4.79 Å². The third-order valence-corrected chi connectivity index (χ3v) is 5.05. The Morgan fingerprint density at radius 1 is 0.955 bits per heavy atom. The number of benzene rings is 1. The molecule has 2 saturated carbocycles. The molecule has 0 spiro atoms. The van der Waals surface area contributed by atoms with Crippen LogP contribution in [-0.4, -0.2) is 18.6 Å². The van der Waals surface area contributed by atoms with E-state index in [2.05, 4.69) is 17.4 Å². The summed E-state index contributed by atoms with van der Waals surface area (Å²) >= 11 is 0. The van der Waals surface area contributed by atoms with Crippen molar-refractivity contribution in [1.82, 2.24) is 5.32 Å². The lowest BCUT2D eigenvalue weighted by molar-refractivity contribution is -0.123. The predicted octanol–water partition coefficient (Wildman–Crippen LogP) is 4.17. The lowest BCUT2D eigenvalue weighted by atomic mass is 9.84. The third kappa shape index (κ3) is 4.25. The molecule has 0 aromatic heterocycles. The first-order valence-electron chi connectivity index (χ1n) is 8.83. The topological polar surface area (TPSA) is 38.3 Å². The van der Waals surface area contributed by atoms with Crippen LogP contribution in [0.25, 0.3) is 0 Å². The highest BCUT2D eigenvalue weighted by atomic mass is 16.5. The van der Waals surface area contributed by atoms with Gasteiger partial charge in [-0.15, -0.1) is 0 Å². The summed E-state index contributed by atoms with van der Waals surface area (Å²) in [5.74, 6) is 1.51. The number of carbonyl (C=O) groups is 1. The summed E-state index contributed by atoms with van der Waals surface area (Å²) in [5.41, 5.74) is 1.42. The van der Waals surface area contributed by atoms with E-state index in [0.717, 1.165) is 18.6 Å². The summed E-state index contributed by atoms with van der Waals surface area (Å²) in [6, 6.07) is 8.71. The molecule has 0 radical (unpaired) electrons. The Morgan fingerprint density at radius 3 is 2.27 bits per heavy atom. The molecule has 1 amide bonds. The summed E-state index contributed by atoms with van der Waals surface area (Å²) in [6.07, 6.45) is 11.4. The standard InChI is InChI=1S/C19H27NO2/c21-19(20-17-8-4-5-9-17)14-22-18-12-10-16(11-13-18)15-6-2-1-3-7-15/h10-13,15,17H,1-9,14H2,(H,20,21). The summed E-state index contributed by atoms with van der Waals surface area (Å²) in [6.45, 7) is 0.124. The highest BCUT2D eigenvalue weighted by molar-refractivity contribution is 5.77. The van der Waals surface area contributed by atoms with E-state index in [1.54, 1.807) is 0 Å². The number of amides is 1. The van der Waals surface area contributed by atoms with Gasteiger partial charge >= 0.3 is 0 Å². The zero-order valence-corrected chi connectivity index (χ0v) is 13.4. The van der Waals surface area contributed by atoms with Gasteiger partial charge in [0.25, 0.3) is 5.91 Å². The minimum atomic E-state index is 0.00302.